The molecule has 2 N–H and O–H groups in total. The number of rotatable bonds is 11. The summed E-state index contributed by atoms with van der Waals surface area (Å²) in [5.74, 6) is 0. The van der Waals surface area contributed by atoms with Crippen molar-refractivity contribution in [1.29, 1.82) is 0 Å². The lowest BCUT2D eigenvalue weighted by molar-refractivity contribution is 0.162. The Labute approximate surface area is 203 Å². The van der Waals surface area contributed by atoms with Crippen molar-refractivity contribution in [3.63, 3.8) is 0 Å². The number of sulfonamides is 1. The zero-order valence-corrected chi connectivity index (χ0v) is 21.5. The molecule has 1 aliphatic heterocycles. The summed E-state index contributed by atoms with van der Waals surface area (Å²) in [5, 5.41) is 10.6. The molecule has 0 bridgehead atoms. The second-order valence-corrected chi connectivity index (χ2v) is 12.6. The van der Waals surface area contributed by atoms with Crippen molar-refractivity contribution >= 4 is 25.5 Å². The number of hydrogen-bond acceptors (Lipinski definition) is 7. The molecule has 1 fully saturated rings. The fourth-order valence-electron chi connectivity index (χ4n) is 4.24. The van der Waals surface area contributed by atoms with Crippen LogP contribution in [0.15, 0.2) is 58.3 Å². The van der Waals surface area contributed by atoms with Gasteiger partial charge in [-0.15, -0.1) is 0 Å². The van der Waals surface area contributed by atoms with E-state index in [-0.39, 0.29) is 9.79 Å². The van der Waals surface area contributed by atoms with Crippen LogP contribution in [0.3, 0.4) is 0 Å². The Morgan fingerprint density at radius 1 is 0.912 bits per heavy atom. The van der Waals surface area contributed by atoms with E-state index in [1.165, 1.54) is 30.9 Å². The van der Waals surface area contributed by atoms with E-state index in [2.05, 4.69) is 38.8 Å². The summed E-state index contributed by atoms with van der Waals surface area (Å²) in [6.07, 6.45) is 3.39. The fraction of sp³-hybridized carbons (Fsp3) is 0.500. The first-order chi connectivity index (χ1) is 16.1. The summed E-state index contributed by atoms with van der Waals surface area (Å²) < 4.78 is 50.8. The van der Waals surface area contributed by atoms with Gasteiger partial charge in [0.1, 0.15) is 4.90 Å². The first-order valence-corrected chi connectivity index (χ1v) is 15.0. The predicted octanol–water partition coefficient (Wildman–Crippen LogP) is 2.41. The zero-order chi connectivity index (χ0) is 24.8. The Morgan fingerprint density at radius 2 is 1.59 bits per heavy atom. The number of benzene rings is 2. The summed E-state index contributed by atoms with van der Waals surface area (Å²) >= 11 is 0. The summed E-state index contributed by atoms with van der Waals surface area (Å²) in [6.45, 7) is 5.13. The third kappa shape index (κ3) is 7.02. The summed E-state index contributed by atoms with van der Waals surface area (Å²) in [7, 11) is -6.48. The number of nitrogens with one attached hydrogen (secondary N) is 1. The lowest BCUT2D eigenvalue weighted by atomic mass is 10.0. The summed E-state index contributed by atoms with van der Waals surface area (Å²) in [4.78, 5) is 4.27. The van der Waals surface area contributed by atoms with Gasteiger partial charge in [0.15, 0.2) is 9.84 Å². The van der Waals surface area contributed by atoms with Crippen LogP contribution in [0.25, 0.3) is 0 Å². The van der Waals surface area contributed by atoms with Gasteiger partial charge in [-0.3, -0.25) is 4.90 Å². The molecular formula is C24H35N3O5S2. The van der Waals surface area contributed by atoms with Crippen molar-refractivity contribution < 1.29 is 21.9 Å². The average Bonchev–Trinajstić information content (AvgIpc) is 2.83. The zero-order valence-electron chi connectivity index (χ0n) is 19.9. The van der Waals surface area contributed by atoms with Crippen molar-refractivity contribution in [2.75, 3.05) is 50.9 Å². The topological polar surface area (TPSA) is 107 Å². The molecule has 3 rings (SSSR count). The van der Waals surface area contributed by atoms with Crippen molar-refractivity contribution in [2.24, 2.45) is 0 Å². The van der Waals surface area contributed by atoms with E-state index in [0.717, 1.165) is 58.2 Å². The lowest BCUT2D eigenvalue weighted by Crippen LogP contribution is -2.46. The van der Waals surface area contributed by atoms with Crippen molar-refractivity contribution in [3.8, 4) is 0 Å². The molecule has 0 aliphatic carbocycles. The molecule has 1 atom stereocenters. The second-order valence-electron chi connectivity index (χ2n) is 8.72. The molecule has 0 amide bonds. The van der Waals surface area contributed by atoms with E-state index in [0.29, 0.717) is 12.0 Å². The maximum absolute atomic E-state index is 12.3. The molecule has 0 aromatic heterocycles. The molecular weight excluding hydrogens is 474 g/mol. The highest BCUT2D eigenvalue weighted by Gasteiger charge is 2.24. The van der Waals surface area contributed by atoms with Crippen LogP contribution in [0.2, 0.25) is 0 Å². The quantitative estimate of drug-likeness (QED) is 0.448. The Balaban J connectivity index is 1.46. The highest BCUT2D eigenvalue weighted by atomic mass is 32.2. The van der Waals surface area contributed by atoms with Crippen LogP contribution in [0.4, 0.5) is 5.69 Å². The van der Waals surface area contributed by atoms with Crippen molar-refractivity contribution in [1.82, 2.24) is 9.62 Å². The maximum Gasteiger partial charge on any atom is 0.241 e. The van der Waals surface area contributed by atoms with Gasteiger partial charge in [-0.2, -0.15) is 0 Å². The van der Waals surface area contributed by atoms with Gasteiger partial charge < -0.3 is 10.0 Å². The number of unbranched alkanes of at least 4 members (excludes halogenated alkanes) is 2. The standard InChI is InChI=1S/C24H35N3O5S2/c1-25-34(31,32)24-19-20(12-13-23(24)33(2,29)30)22(28)11-7-4-8-14-26-15-17-27(18-16-26)21-9-5-3-6-10-21/h3,5-6,9-10,12-13,19,22,25,28H,4,7-8,11,14-18H2,1-2H3. The normalized spacial score (nSPS) is 16.5. The molecule has 10 heteroatoms. The predicted molar refractivity (Wildman–Crippen MR) is 134 cm³/mol. The molecule has 0 radical (unpaired) electrons. The highest BCUT2D eigenvalue weighted by Crippen LogP contribution is 2.27. The third-order valence-electron chi connectivity index (χ3n) is 6.26. The van der Waals surface area contributed by atoms with E-state index < -0.39 is 26.0 Å². The van der Waals surface area contributed by atoms with Crippen LogP contribution in [-0.2, 0) is 19.9 Å². The van der Waals surface area contributed by atoms with E-state index in [1.54, 1.807) is 0 Å². The number of sulfone groups is 1. The SMILES string of the molecule is CNS(=O)(=O)c1cc(C(O)CCCCCN2CCN(c3ccccc3)CC2)ccc1S(C)(=O)=O. The van der Waals surface area contributed by atoms with Crippen LogP contribution in [0.1, 0.15) is 37.4 Å². The first-order valence-electron chi connectivity index (χ1n) is 11.6. The minimum atomic E-state index is -3.98. The fourth-order valence-corrected chi connectivity index (χ4v) is 6.61. The van der Waals surface area contributed by atoms with E-state index in [1.807, 2.05) is 6.07 Å². The molecule has 1 aliphatic rings. The van der Waals surface area contributed by atoms with Gasteiger partial charge >= 0.3 is 0 Å². The molecule has 0 spiro atoms. The van der Waals surface area contributed by atoms with E-state index >= 15 is 0 Å². The van der Waals surface area contributed by atoms with Crippen LogP contribution in [0, 0.1) is 0 Å². The Morgan fingerprint density at radius 3 is 2.21 bits per heavy atom. The third-order valence-corrected chi connectivity index (χ3v) is 8.99. The van der Waals surface area contributed by atoms with Gasteiger partial charge in [0.2, 0.25) is 10.0 Å². The van der Waals surface area contributed by atoms with E-state index in [4.69, 9.17) is 0 Å². The number of aliphatic hydroxyl groups is 1. The molecule has 2 aromatic carbocycles. The number of nitrogens with zero attached hydrogens (tertiary/aromatic N) is 2. The number of anilines is 1. The van der Waals surface area contributed by atoms with Crippen LogP contribution < -0.4 is 9.62 Å². The molecule has 188 valence electrons. The van der Waals surface area contributed by atoms with Crippen LogP contribution >= 0.6 is 0 Å². The van der Waals surface area contributed by atoms with Gasteiger partial charge in [-0.25, -0.2) is 21.6 Å². The summed E-state index contributed by atoms with van der Waals surface area (Å²) in [5.41, 5.74) is 1.67. The lowest BCUT2D eigenvalue weighted by Gasteiger charge is -2.36. The second kappa shape index (κ2) is 11.6. The van der Waals surface area contributed by atoms with Crippen molar-refractivity contribution in [2.45, 2.75) is 41.6 Å². The number of aliphatic hydroxyl groups excluding tert-OH is 1. The van der Waals surface area contributed by atoms with Gasteiger partial charge in [0, 0.05) is 38.1 Å². The minimum absolute atomic E-state index is 0.273. The molecule has 1 saturated heterocycles. The maximum atomic E-state index is 12.3. The van der Waals surface area contributed by atoms with Gasteiger partial charge in [-0.1, -0.05) is 37.1 Å². The Kier molecular flexibility index (Phi) is 9.11. The Bertz CT molecular complexity index is 1150. The smallest absolute Gasteiger partial charge is 0.241 e. The monoisotopic (exact) mass is 509 g/mol. The molecule has 34 heavy (non-hydrogen) atoms. The van der Waals surface area contributed by atoms with Gasteiger partial charge in [0.25, 0.3) is 0 Å². The first kappa shape index (κ1) is 26.6. The molecule has 8 nitrogen and oxygen atoms in total. The van der Waals surface area contributed by atoms with Crippen LogP contribution in [-0.4, -0.2) is 72.9 Å². The van der Waals surface area contributed by atoms with Crippen LogP contribution in [0.5, 0.6) is 0 Å². The van der Waals surface area contributed by atoms with Gasteiger partial charge in [-0.05, 0) is 56.3 Å². The van der Waals surface area contributed by atoms with Gasteiger partial charge in [0.05, 0.1) is 11.0 Å². The number of para-hydroxylation sites is 1. The molecule has 0 saturated carbocycles. The highest BCUT2D eigenvalue weighted by molar-refractivity contribution is 7.93. The molecule has 2 aromatic rings. The van der Waals surface area contributed by atoms with Crippen molar-refractivity contribution in [3.05, 3.63) is 54.1 Å². The number of piperazine rings is 1. The minimum Gasteiger partial charge on any atom is -0.388 e. The average molecular weight is 510 g/mol. The van der Waals surface area contributed by atoms with E-state index in [9.17, 15) is 21.9 Å². The summed E-state index contributed by atoms with van der Waals surface area (Å²) in [6, 6.07) is 14.5. The molecule has 1 unspecified atom stereocenters. The number of hydrogen-bond donors (Lipinski definition) is 2. The largest absolute Gasteiger partial charge is 0.388 e. The molecule has 1 heterocycles. The Hall–Kier alpha value is -1.98.